The molecule has 128 valence electrons. The van der Waals surface area contributed by atoms with Gasteiger partial charge in [0.2, 0.25) is 0 Å². The standard InChI is InChI=1S/C19H25FN4/c1-21-19(22-13-16-11-7-8-12-17(16)20)23-14-18(24(2)3)15-9-5-4-6-10-15/h4-12,18H,13-14H2,1-3H3,(H2,21,22,23). The van der Waals surface area contributed by atoms with Gasteiger partial charge in [0.05, 0.1) is 6.04 Å². The quantitative estimate of drug-likeness (QED) is 0.633. The van der Waals surface area contributed by atoms with Gasteiger partial charge < -0.3 is 15.5 Å². The highest BCUT2D eigenvalue weighted by Gasteiger charge is 2.14. The molecule has 0 saturated carbocycles. The van der Waals surface area contributed by atoms with Gasteiger partial charge in [-0.1, -0.05) is 48.5 Å². The Balaban J connectivity index is 1.94. The first kappa shape index (κ1) is 17.9. The van der Waals surface area contributed by atoms with E-state index in [0.717, 1.165) is 0 Å². The van der Waals surface area contributed by atoms with Crippen LogP contribution in [0.1, 0.15) is 17.2 Å². The zero-order valence-corrected chi connectivity index (χ0v) is 14.5. The van der Waals surface area contributed by atoms with Gasteiger partial charge in [-0.15, -0.1) is 0 Å². The van der Waals surface area contributed by atoms with E-state index in [4.69, 9.17) is 0 Å². The second kappa shape index (κ2) is 9.03. The van der Waals surface area contributed by atoms with Crippen molar-refractivity contribution in [2.24, 2.45) is 4.99 Å². The second-order valence-electron chi connectivity index (χ2n) is 5.79. The molecule has 0 fully saturated rings. The summed E-state index contributed by atoms with van der Waals surface area (Å²) in [5.74, 6) is 0.442. The Labute approximate surface area is 143 Å². The Morgan fingerprint density at radius 3 is 2.33 bits per heavy atom. The topological polar surface area (TPSA) is 39.7 Å². The molecular formula is C19H25FN4. The van der Waals surface area contributed by atoms with Gasteiger partial charge in [-0.3, -0.25) is 4.99 Å². The van der Waals surface area contributed by atoms with E-state index < -0.39 is 0 Å². The monoisotopic (exact) mass is 328 g/mol. The third kappa shape index (κ3) is 5.06. The van der Waals surface area contributed by atoms with Crippen molar-refractivity contribution in [1.82, 2.24) is 15.5 Å². The maximum absolute atomic E-state index is 13.7. The van der Waals surface area contributed by atoms with Crippen molar-refractivity contribution in [3.05, 3.63) is 71.5 Å². The summed E-state index contributed by atoms with van der Waals surface area (Å²) in [5, 5.41) is 6.47. The van der Waals surface area contributed by atoms with Crippen molar-refractivity contribution in [3.8, 4) is 0 Å². The van der Waals surface area contributed by atoms with Gasteiger partial charge in [0.1, 0.15) is 5.82 Å². The molecule has 1 atom stereocenters. The van der Waals surface area contributed by atoms with E-state index in [2.05, 4.69) is 46.8 Å². The molecule has 2 rings (SSSR count). The highest BCUT2D eigenvalue weighted by molar-refractivity contribution is 5.79. The summed E-state index contributed by atoms with van der Waals surface area (Å²) < 4.78 is 13.7. The predicted molar refractivity (Wildman–Crippen MR) is 97.5 cm³/mol. The SMILES string of the molecule is CN=C(NCc1ccccc1F)NCC(c1ccccc1)N(C)C. The van der Waals surface area contributed by atoms with Gasteiger partial charge in [-0.25, -0.2) is 4.39 Å². The fraction of sp³-hybridized carbons (Fsp3) is 0.316. The van der Waals surface area contributed by atoms with Crippen LogP contribution in [0.25, 0.3) is 0 Å². The summed E-state index contributed by atoms with van der Waals surface area (Å²) in [4.78, 5) is 6.37. The summed E-state index contributed by atoms with van der Waals surface area (Å²) in [5.41, 5.74) is 1.85. The Morgan fingerprint density at radius 2 is 1.71 bits per heavy atom. The summed E-state index contributed by atoms with van der Waals surface area (Å²) >= 11 is 0. The Kier molecular flexibility index (Phi) is 6.75. The molecule has 1 unspecified atom stereocenters. The molecule has 0 radical (unpaired) electrons. The van der Waals surface area contributed by atoms with Crippen molar-refractivity contribution >= 4 is 5.96 Å². The highest BCUT2D eigenvalue weighted by Crippen LogP contribution is 2.16. The number of hydrogen-bond donors (Lipinski definition) is 2. The van der Waals surface area contributed by atoms with E-state index in [1.807, 2.05) is 24.3 Å². The largest absolute Gasteiger partial charge is 0.354 e. The minimum Gasteiger partial charge on any atom is -0.354 e. The first-order valence-corrected chi connectivity index (χ1v) is 8.01. The molecule has 5 heteroatoms. The molecule has 0 bridgehead atoms. The first-order chi connectivity index (χ1) is 11.6. The second-order valence-corrected chi connectivity index (χ2v) is 5.79. The number of nitrogens with one attached hydrogen (secondary N) is 2. The fourth-order valence-corrected chi connectivity index (χ4v) is 2.51. The number of rotatable bonds is 6. The maximum Gasteiger partial charge on any atom is 0.191 e. The lowest BCUT2D eigenvalue weighted by Crippen LogP contribution is -2.41. The molecule has 4 nitrogen and oxygen atoms in total. The van der Waals surface area contributed by atoms with Gasteiger partial charge in [0, 0.05) is 25.7 Å². The molecular weight excluding hydrogens is 303 g/mol. The molecule has 0 aliphatic carbocycles. The van der Waals surface area contributed by atoms with Crippen molar-refractivity contribution in [1.29, 1.82) is 0 Å². The fourth-order valence-electron chi connectivity index (χ4n) is 2.51. The summed E-state index contributed by atoms with van der Waals surface area (Å²) in [6, 6.07) is 17.3. The predicted octanol–water partition coefficient (Wildman–Crippen LogP) is 2.79. The molecule has 0 saturated heterocycles. The minimum atomic E-state index is -0.212. The number of benzene rings is 2. The first-order valence-electron chi connectivity index (χ1n) is 8.01. The summed E-state index contributed by atoms with van der Waals surface area (Å²) in [7, 11) is 5.81. The van der Waals surface area contributed by atoms with Crippen LogP contribution in [0.15, 0.2) is 59.6 Å². The summed E-state index contributed by atoms with van der Waals surface area (Å²) in [6.45, 7) is 1.10. The molecule has 0 heterocycles. The Morgan fingerprint density at radius 1 is 1.04 bits per heavy atom. The third-order valence-electron chi connectivity index (χ3n) is 3.90. The Hall–Kier alpha value is -2.40. The van der Waals surface area contributed by atoms with Crippen LogP contribution in [0, 0.1) is 5.82 Å². The molecule has 0 spiro atoms. The average molecular weight is 328 g/mol. The zero-order chi connectivity index (χ0) is 17.4. The number of likely N-dealkylation sites (N-methyl/N-ethyl adjacent to an activating group) is 1. The normalized spacial score (nSPS) is 13.0. The number of aliphatic imine (C=N–C) groups is 1. The number of nitrogens with zero attached hydrogens (tertiary/aromatic N) is 2. The zero-order valence-electron chi connectivity index (χ0n) is 14.5. The molecule has 2 aromatic carbocycles. The maximum atomic E-state index is 13.7. The highest BCUT2D eigenvalue weighted by atomic mass is 19.1. The lowest BCUT2D eigenvalue weighted by atomic mass is 10.1. The van der Waals surface area contributed by atoms with Crippen molar-refractivity contribution in [3.63, 3.8) is 0 Å². The molecule has 24 heavy (non-hydrogen) atoms. The van der Waals surface area contributed by atoms with Crippen LogP contribution in [-0.4, -0.2) is 38.5 Å². The van der Waals surface area contributed by atoms with Gasteiger partial charge >= 0.3 is 0 Å². The van der Waals surface area contributed by atoms with Crippen LogP contribution < -0.4 is 10.6 Å². The van der Waals surface area contributed by atoms with Crippen LogP contribution in [-0.2, 0) is 6.54 Å². The van der Waals surface area contributed by atoms with E-state index in [9.17, 15) is 4.39 Å². The molecule has 0 amide bonds. The number of guanidine groups is 1. The van der Waals surface area contributed by atoms with Gasteiger partial charge in [-0.2, -0.15) is 0 Å². The third-order valence-corrected chi connectivity index (χ3v) is 3.90. The van der Waals surface area contributed by atoms with Crippen LogP contribution >= 0.6 is 0 Å². The van der Waals surface area contributed by atoms with Gasteiger partial charge in [0.15, 0.2) is 5.96 Å². The smallest absolute Gasteiger partial charge is 0.191 e. The number of hydrogen-bond acceptors (Lipinski definition) is 2. The Bertz CT molecular complexity index is 655. The van der Waals surface area contributed by atoms with Crippen LogP contribution in [0.3, 0.4) is 0 Å². The van der Waals surface area contributed by atoms with Crippen molar-refractivity contribution in [2.75, 3.05) is 27.7 Å². The van der Waals surface area contributed by atoms with E-state index in [1.165, 1.54) is 11.6 Å². The van der Waals surface area contributed by atoms with Gasteiger partial charge in [-0.05, 0) is 25.7 Å². The van der Waals surface area contributed by atoms with Crippen LogP contribution in [0.4, 0.5) is 4.39 Å². The van der Waals surface area contributed by atoms with Gasteiger partial charge in [0.25, 0.3) is 0 Å². The number of halogens is 1. The van der Waals surface area contributed by atoms with Crippen molar-refractivity contribution < 1.29 is 4.39 Å². The minimum absolute atomic E-state index is 0.212. The van der Waals surface area contributed by atoms with Crippen LogP contribution in [0.5, 0.6) is 0 Å². The molecule has 0 aromatic heterocycles. The van der Waals surface area contributed by atoms with Crippen LogP contribution in [0.2, 0.25) is 0 Å². The van der Waals surface area contributed by atoms with E-state index in [1.54, 1.807) is 19.2 Å². The summed E-state index contributed by atoms with van der Waals surface area (Å²) in [6.07, 6.45) is 0. The molecule has 0 aliphatic heterocycles. The lowest BCUT2D eigenvalue weighted by Gasteiger charge is -2.26. The van der Waals surface area contributed by atoms with E-state index in [0.29, 0.717) is 24.6 Å². The molecule has 2 aromatic rings. The average Bonchev–Trinajstić information content (AvgIpc) is 2.59. The van der Waals surface area contributed by atoms with Crippen molar-refractivity contribution in [2.45, 2.75) is 12.6 Å². The van der Waals surface area contributed by atoms with E-state index in [-0.39, 0.29) is 11.9 Å². The van der Waals surface area contributed by atoms with E-state index >= 15 is 0 Å². The molecule has 0 aliphatic rings. The lowest BCUT2D eigenvalue weighted by molar-refractivity contribution is 0.298. The molecule has 2 N–H and O–H groups in total.